The molecule has 0 amide bonds. The number of carboxylic acids is 1. The van der Waals surface area contributed by atoms with Crippen LogP contribution in [0.3, 0.4) is 0 Å². The third-order valence-electron chi connectivity index (χ3n) is 4.41. The van der Waals surface area contributed by atoms with Crippen LogP contribution in [-0.4, -0.2) is 34.1 Å². The van der Waals surface area contributed by atoms with Crippen molar-refractivity contribution in [3.63, 3.8) is 0 Å². The van der Waals surface area contributed by atoms with Gasteiger partial charge in [0.05, 0.1) is 5.41 Å². The number of halogens is 1. The number of rotatable bonds is 4. The number of nitrogens with zero attached hydrogens (tertiary/aromatic N) is 3. The van der Waals surface area contributed by atoms with Crippen molar-refractivity contribution in [2.24, 2.45) is 5.41 Å². The van der Waals surface area contributed by atoms with Gasteiger partial charge >= 0.3 is 5.97 Å². The molecule has 1 aliphatic heterocycles. The first-order valence-corrected chi connectivity index (χ1v) is 8.18. The number of hydrogen-bond donors (Lipinski definition) is 2. The van der Waals surface area contributed by atoms with E-state index in [1.54, 1.807) is 18.3 Å². The fraction of sp³-hybridized carbons (Fsp3) is 0.353. The Morgan fingerprint density at radius 2 is 2.25 bits per heavy atom. The lowest BCUT2D eigenvalue weighted by molar-refractivity contribution is -0.149. The normalized spacial score (nSPS) is 20.8. The molecule has 0 bridgehead atoms. The molecule has 2 aromatic rings. The first kappa shape index (κ1) is 16.5. The van der Waals surface area contributed by atoms with E-state index in [4.69, 9.17) is 17.3 Å². The van der Waals surface area contributed by atoms with Gasteiger partial charge in [0.2, 0.25) is 5.95 Å². The maximum absolute atomic E-state index is 12.1. The van der Waals surface area contributed by atoms with Crippen LogP contribution < -0.4 is 10.6 Å². The number of piperidine rings is 1. The highest BCUT2D eigenvalue weighted by molar-refractivity contribution is 6.30. The van der Waals surface area contributed by atoms with Crippen molar-refractivity contribution >= 4 is 29.3 Å². The van der Waals surface area contributed by atoms with Crippen molar-refractivity contribution in [1.82, 2.24) is 9.97 Å². The summed E-state index contributed by atoms with van der Waals surface area (Å²) in [6, 6.07) is 8.97. The van der Waals surface area contributed by atoms with Crippen LogP contribution in [0.4, 0.5) is 11.8 Å². The van der Waals surface area contributed by atoms with Crippen molar-refractivity contribution in [3.8, 4) is 0 Å². The summed E-state index contributed by atoms with van der Waals surface area (Å²) in [6.45, 7) is 1.06. The Kier molecular flexibility index (Phi) is 4.57. The number of aromatic nitrogens is 2. The number of nitrogens with two attached hydrogens (primary N) is 1. The smallest absolute Gasteiger partial charge is 0.311 e. The second-order valence-corrected chi connectivity index (χ2v) is 6.64. The van der Waals surface area contributed by atoms with Crippen molar-refractivity contribution in [3.05, 3.63) is 47.1 Å². The van der Waals surface area contributed by atoms with Crippen molar-refractivity contribution in [1.29, 1.82) is 0 Å². The highest BCUT2D eigenvalue weighted by atomic mass is 35.5. The van der Waals surface area contributed by atoms with E-state index in [9.17, 15) is 9.90 Å². The molecule has 1 unspecified atom stereocenters. The molecule has 24 heavy (non-hydrogen) atoms. The zero-order valence-corrected chi connectivity index (χ0v) is 13.9. The van der Waals surface area contributed by atoms with E-state index in [1.807, 2.05) is 23.1 Å². The molecule has 7 heteroatoms. The maximum atomic E-state index is 12.1. The van der Waals surface area contributed by atoms with Crippen LogP contribution in [0.2, 0.25) is 5.02 Å². The Morgan fingerprint density at radius 1 is 1.42 bits per heavy atom. The number of anilines is 2. The first-order chi connectivity index (χ1) is 11.5. The molecule has 6 nitrogen and oxygen atoms in total. The zero-order valence-electron chi connectivity index (χ0n) is 13.2. The molecule has 0 saturated carbocycles. The standard InChI is InChI=1S/C17H19ClN4O2/c18-13-4-1-3-12(9-13)10-17(15(23)24)6-2-8-22(11-17)16-20-7-5-14(19)21-16/h1,3-5,7,9H,2,6,8,10-11H2,(H,23,24)(H2,19,20,21). The van der Waals surface area contributed by atoms with E-state index < -0.39 is 11.4 Å². The summed E-state index contributed by atoms with van der Waals surface area (Å²) in [6.07, 6.45) is 3.37. The molecule has 3 rings (SSSR count). The molecular weight excluding hydrogens is 328 g/mol. The van der Waals surface area contributed by atoms with E-state index in [0.717, 1.165) is 12.0 Å². The molecule has 1 aromatic heterocycles. The fourth-order valence-corrected chi connectivity index (χ4v) is 3.46. The van der Waals surface area contributed by atoms with Crippen LogP contribution in [0.1, 0.15) is 18.4 Å². The molecule has 126 valence electrons. The zero-order chi connectivity index (χ0) is 17.2. The molecule has 1 saturated heterocycles. The summed E-state index contributed by atoms with van der Waals surface area (Å²) in [7, 11) is 0. The molecule has 0 aliphatic carbocycles. The maximum Gasteiger partial charge on any atom is 0.311 e. The largest absolute Gasteiger partial charge is 0.481 e. The first-order valence-electron chi connectivity index (χ1n) is 7.80. The number of nitrogen functional groups attached to an aromatic ring is 1. The van der Waals surface area contributed by atoms with E-state index in [0.29, 0.717) is 42.7 Å². The summed E-state index contributed by atoms with van der Waals surface area (Å²) in [5.74, 6) is 0.0452. The molecule has 3 N–H and O–H groups in total. The lowest BCUT2D eigenvalue weighted by Crippen LogP contribution is -2.49. The predicted octanol–water partition coefficient (Wildman–Crippen LogP) is 2.63. The van der Waals surface area contributed by atoms with Gasteiger partial charge in [0.25, 0.3) is 0 Å². The van der Waals surface area contributed by atoms with Gasteiger partial charge in [0, 0.05) is 24.3 Å². The third kappa shape index (κ3) is 3.43. The van der Waals surface area contributed by atoms with Crippen LogP contribution in [-0.2, 0) is 11.2 Å². The van der Waals surface area contributed by atoms with E-state index in [2.05, 4.69) is 9.97 Å². The van der Waals surface area contributed by atoms with Crippen LogP contribution >= 0.6 is 11.6 Å². The van der Waals surface area contributed by atoms with Gasteiger partial charge in [-0.05, 0) is 43.0 Å². The van der Waals surface area contributed by atoms with Crippen LogP contribution in [0.15, 0.2) is 36.5 Å². The average molecular weight is 347 g/mol. The lowest BCUT2D eigenvalue weighted by Gasteiger charge is -2.40. The number of carboxylic acid groups (broad SMARTS) is 1. The molecule has 1 aliphatic rings. The minimum atomic E-state index is -0.892. The quantitative estimate of drug-likeness (QED) is 0.884. The number of aliphatic carboxylic acids is 1. The second-order valence-electron chi connectivity index (χ2n) is 6.20. The molecular formula is C17H19ClN4O2. The van der Waals surface area contributed by atoms with Gasteiger partial charge in [0.1, 0.15) is 5.82 Å². The SMILES string of the molecule is Nc1ccnc(N2CCCC(Cc3cccc(Cl)c3)(C(=O)O)C2)n1. The summed E-state index contributed by atoms with van der Waals surface area (Å²) in [5, 5.41) is 10.5. The number of hydrogen-bond acceptors (Lipinski definition) is 5. The number of carbonyl (C=O) groups is 1. The monoisotopic (exact) mass is 346 g/mol. The van der Waals surface area contributed by atoms with E-state index in [-0.39, 0.29) is 0 Å². The molecule has 2 heterocycles. The van der Waals surface area contributed by atoms with E-state index in [1.165, 1.54) is 0 Å². The van der Waals surface area contributed by atoms with Crippen LogP contribution in [0.25, 0.3) is 0 Å². The predicted molar refractivity (Wildman–Crippen MR) is 93.1 cm³/mol. The summed E-state index contributed by atoms with van der Waals surface area (Å²) in [5.41, 5.74) is 5.75. The summed E-state index contributed by atoms with van der Waals surface area (Å²) in [4.78, 5) is 22.4. The van der Waals surface area contributed by atoms with Gasteiger partial charge in [-0.2, -0.15) is 4.98 Å². The highest BCUT2D eigenvalue weighted by Crippen LogP contribution is 2.35. The summed E-state index contributed by atoms with van der Waals surface area (Å²) < 4.78 is 0. The summed E-state index contributed by atoms with van der Waals surface area (Å²) >= 11 is 6.04. The molecule has 1 atom stereocenters. The van der Waals surface area contributed by atoms with Gasteiger partial charge in [-0.15, -0.1) is 0 Å². The Labute approximate surface area is 145 Å². The van der Waals surface area contributed by atoms with Crippen LogP contribution in [0.5, 0.6) is 0 Å². The van der Waals surface area contributed by atoms with Gasteiger partial charge in [-0.25, -0.2) is 4.98 Å². The fourth-order valence-electron chi connectivity index (χ4n) is 3.25. The second kappa shape index (κ2) is 6.65. The van der Waals surface area contributed by atoms with Gasteiger partial charge in [-0.1, -0.05) is 23.7 Å². The molecule has 1 fully saturated rings. The van der Waals surface area contributed by atoms with Crippen LogP contribution in [0, 0.1) is 5.41 Å². The minimum absolute atomic E-state index is 0.346. The van der Waals surface area contributed by atoms with Crippen molar-refractivity contribution in [2.75, 3.05) is 23.7 Å². The molecule has 0 radical (unpaired) electrons. The topological polar surface area (TPSA) is 92.3 Å². The van der Waals surface area contributed by atoms with Crippen molar-refractivity contribution < 1.29 is 9.90 Å². The Balaban J connectivity index is 1.88. The molecule has 1 aromatic carbocycles. The molecule has 0 spiro atoms. The minimum Gasteiger partial charge on any atom is -0.481 e. The Morgan fingerprint density at radius 3 is 2.96 bits per heavy atom. The number of benzene rings is 1. The van der Waals surface area contributed by atoms with Gasteiger partial charge < -0.3 is 15.7 Å². The average Bonchev–Trinajstić information content (AvgIpc) is 2.55. The third-order valence-corrected chi connectivity index (χ3v) is 4.64. The van der Waals surface area contributed by atoms with Gasteiger partial charge in [0.15, 0.2) is 0 Å². The van der Waals surface area contributed by atoms with Gasteiger partial charge in [-0.3, -0.25) is 4.79 Å². The Hall–Kier alpha value is -2.34. The Bertz CT molecular complexity index is 755. The highest BCUT2D eigenvalue weighted by Gasteiger charge is 2.43. The lowest BCUT2D eigenvalue weighted by atomic mass is 9.75. The van der Waals surface area contributed by atoms with Crippen molar-refractivity contribution in [2.45, 2.75) is 19.3 Å². The van der Waals surface area contributed by atoms with E-state index >= 15 is 0 Å².